The molecule has 5 heteroatoms. The van der Waals surface area contributed by atoms with E-state index in [4.69, 9.17) is 5.10 Å². The van der Waals surface area contributed by atoms with E-state index in [9.17, 15) is 0 Å². The Hall–Kier alpha value is -2.53. The number of rotatable bonds is 3. The second-order valence-corrected chi connectivity index (χ2v) is 6.99. The van der Waals surface area contributed by atoms with E-state index < -0.39 is 0 Å². The van der Waals surface area contributed by atoms with Crippen LogP contribution in [0.15, 0.2) is 47.7 Å². The number of hydrogen-bond acceptors (Lipinski definition) is 4. The minimum atomic E-state index is 0.419. The van der Waals surface area contributed by atoms with Crippen molar-refractivity contribution in [3.63, 3.8) is 0 Å². The Morgan fingerprint density at radius 1 is 1.12 bits per heavy atom. The smallest absolute Gasteiger partial charge is 0.157 e. The molecule has 0 radical (unpaired) electrons. The predicted octanol–water partition coefficient (Wildman–Crippen LogP) is 3.53. The molecule has 0 spiro atoms. The zero-order valence-electron chi connectivity index (χ0n) is 14.2. The van der Waals surface area contributed by atoms with Crippen LogP contribution in [0, 0.1) is 0 Å². The summed E-state index contributed by atoms with van der Waals surface area (Å²) >= 11 is 0. The standard InChI is InChI=1S/C20H21N5/c1-2-5-15(6-3-1)13-24-10-4-7-17(14-24)25-19-16(12-23-25)11-22-20-18(19)8-9-21-20/h1-3,5-6,9,11-12,17H,4,7-8,10,13-14H2. The van der Waals surface area contributed by atoms with Gasteiger partial charge in [-0.25, -0.2) is 9.98 Å². The summed E-state index contributed by atoms with van der Waals surface area (Å²) in [6, 6.07) is 11.2. The molecule has 0 saturated carbocycles. The lowest BCUT2D eigenvalue weighted by Gasteiger charge is -2.33. The minimum Gasteiger partial charge on any atom is -0.297 e. The number of hydrogen-bond donors (Lipinski definition) is 0. The van der Waals surface area contributed by atoms with Crippen LogP contribution in [-0.2, 0) is 13.0 Å². The highest BCUT2D eigenvalue weighted by Crippen LogP contribution is 2.33. The molecule has 2 aliphatic rings. The van der Waals surface area contributed by atoms with Crippen LogP contribution in [0.2, 0.25) is 0 Å². The highest BCUT2D eigenvalue weighted by Gasteiger charge is 2.25. The van der Waals surface area contributed by atoms with E-state index in [0.717, 1.165) is 37.3 Å². The van der Waals surface area contributed by atoms with Crippen molar-refractivity contribution in [2.45, 2.75) is 31.8 Å². The second-order valence-electron chi connectivity index (χ2n) is 6.99. The Balaban J connectivity index is 1.44. The lowest BCUT2D eigenvalue weighted by molar-refractivity contribution is 0.165. The number of nitrogens with zero attached hydrogens (tertiary/aromatic N) is 5. The molecule has 1 atom stereocenters. The second kappa shape index (κ2) is 6.08. The van der Waals surface area contributed by atoms with Crippen molar-refractivity contribution in [2.75, 3.05) is 13.1 Å². The molecule has 126 valence electrons. The third-order valence-corrected chi connectivity index (χ3v) is 5.29. The van der Waals surface area contributed by atoms with E-state index in [1.54, 1.807) is 0 Å². The molecule has 0 bridgehead atoms. The molecule has 0 N–H and O–H groups in total. The third-order valence-electron chi connectivity index (χ3n) is 5.29. The maximum atomic E-state index is 4.73. The van der Waals surface area contributed by atoms with Gasteiger partial charge in [0.25, 0.3) is 0 Å². The molecular formula is C20H21N5. The van der Waals surface area contributed by atoms with Gasteiger partial charge in [0.2, 0.25) is 0 Å². The number of fused-ring (bicyclic) bond motifs is 3. The van der Waals surface area contributed by atoms with Gasteiger partial charge in [-0.2, -0.15) is 5.10 Å². The molecular weight excluding hydrogens is 310 g/mol. The first-order chi connectivity index (χ1) is 12.4. The predicted molar refractivity (Wildman–Crippen MR) is 99.4 cm³/mol. The molecule has 2 aliphatic heterocycles. The van der Waals surface area contributed by atoms with Crippen LogP contribution in [0.25, 0.3) is 10.9 Å². The van der Waals surface area contributed by atoms with Gasteiger partial charge >= 0.3 is 0 Å². The number of pyridine rings is 1. The summed E-state index contributed by atoms with van der Waals surface area (Å²) < 4.78 is 2.24. The monoisotopic (exact) mass is 331 g/mol. The number of likely N-dealkylation sites (tertiary alicyclic amines) is 1. The van der Waals surface area contributed by atoms with Crippen molar-refractivity contribution in [3.05, 3.63) is 53.9 Å². The highest BCUT2D eigenvalue weighted by molar-refractivity contribution is 5.90. The SMILES string of the molecule is C1=Nc2ncc3cnn(C4CCCN(Cc5ccccc5)C4)c3c2C1. The largest absolute Gasteiger partial charge is 0.297 e. The summed E-state index contributed by atoms with van der Waals surface area (Å²) in [6.07, 6.45) is 9.08. The molecule has 25 heavy (non-hydrogen) atoms. The van der Waals surface area contributed by atoms with Crippen LogP contribution in [-0.4, -0.2) is 39.0 Å². The summed E-state index contributed by atoms with van der Waals surface area (Å²) in [6.45, 7) is 3.22. The van der Waals surface area contributed by atoms with Crippen LogP contribution in [0.4, 0.5) is 5.82 Å². The van der Waals surface area contributed by atoms with Gasteiger partial charge in [0.1, 0.15) is 0 Å². The fourth-order valence-corrected chi connectivity index (χ4v) is 4.11. The number of aliphatic imine (C=N–C) groups is 1. The molecule has 1 saturated heterocycles. The van der Waals surface area contributed by atoms with Crippen LogP contribution < -0.4 is 0 Å². The van der Waals surface area contributed by atoms with Crippen molar-refractivity contribution >= 4 is 22.9 Å². The van der Waals surface area contributed by atoms with Crippen LogP contribution in [0.1, 0.15) is 30.0 Å². The van der Waals surface area contributed by atoms with Gasteiger partial charge < -0.3 is 0 Å². The van der Waals surface area contributed by atoms with Crippen molar-refractivity contribution in [1.29, 1.82) is 0 Å². The average Bonchev–Trinajstić information content (AvgIpc) is 3.29. The Morgan fingerprint density at radius 2 is 2.04 bits per heavy atom. The van der Waals surface area contributed by atoms with Gasteiger partial charge in [0.05, 0.1) is 17.8 Å². The van der Waals surface area contributed by atoms with Crippen molar-refractivity contribution in [2.24, 2.45) is 4.99 Å². The van der Waals surface area contributed by atoms with Crippen LogP contribution in [0.5, 0.6) is 0 Å². The molecule has 1 unspecified atom stereocenters. The fraction of sp³-hybridized carbons (Fsp3) is 0.350. The van der Waals surface area contributed by atoms with Crippen LogP contribution in [0.3, 0.4) is 0 Å². The quantitative estimate of drug-likeness (QED) is 0.737. The first-order valence-corrected chi connectivity index (χ1v) is 9.02. The molecule has 2 aromatic heterocycles. The Labute approximate surface area is 147 Å². The van der Waals surface area contributed by atoms with E-state index in [1.807, 2.05) is 18.6 Å². The van der Waals surface area contributed by atoms with Crippen molar-refractivity contribution < 1.29 is 0 Å². The molecule has 5 nitrogen and oxygen atoms in total. The van der Waals surface area contributed by atoms with Crippen molar-refractivity contribution in [1.82, 2.24) is 19.7 Å². The maximum Gasteiger partial charge on any atom is 0.157 e. The molecule has 0 aliphatic carbocycles. The summed E-state index contributed by atoms with van der Waals surface area (Å²) in [5.74, 6) is 0.867. The fourth-order valence-electron chi connectivity index (χ4n) is 4.11. The summed E-state index contributed by atoms with van der Waals surface area (Å²) in [5, 5.41) is 5.86. The summed E-state index contributed by atoms with van der Waals surface area (Å²) in [7, 11) is 0. The summed E-state index contributed by atoms with van der Waals surface area (Å²) in [4.78, 5) is 11.4. The van der Waals surface area contributed by atoms with Gasteiger partial charge in [-0.3, -0.25) is 9.58 Å². The first-order valence-electron chi connectivity index (χ1n) is 9.02. The normalized spacial score (nSPS) is 20.2. The van der Waals surface area contributed by atoms with E-state index in [2.05, 4.69) is 49.9 Å². The Bertz CT molecular complexity index is 928. The maximum absolute atomic E-state index is 4.73. The van der Waals surface area contributed by atoms with Gasteiger partial charge in [-0.05, 0) is 24.9 Å². The first kappa shape index (κ1) is 14.8. The van der Waals surface area contributed by atoms with Crippen LogP contribution >= 0.6 is 0 Å². The lowest BCUT2D eigenvalue weighted by Crippen LogP contribution is -2.36. The number of benzene rings is 1. The van der Waals surface area contributed by atoms with Crippen molar-refractivity contribution in [3.8, 4) is 0 Å². The van der Waals surface area contributed by atoms with E-state index in [-0.39, 0.29) is 0 Å². The average molecular weight is 331 g/mol. The van der Waals surface area contributed by atoms with E-state index in [1.165, 1.54) is 29.5 Å². The molecule has 1 aromatic carbocycles. The molecule has 3 aromatic rings. The minimum absolute atomic E-state index is 0.419. The number of aromatic nitrogens is 3. The highest BCUT2D eigenvalue weighted by atomic mass is 15.3. The van der Waals surface area contributed by atoms with Gasteiger partial charge in [0, 0.05) is 42.9 Å². The molecule has 4 heterocycles. The van der Waals surface area contributed by atoms with E-state index in [0.29, 0.717) is 6.04 Å². The Kier molecular flexibility index (Phi) is 3.59. The summed E-state index contributed by atoms with van der Waals surface area (Å²) in [5.41, 5.74) is 3.84. The van der Waals surface area contributed by atoms with Gasteiger partial charge in [0.15, 0.2) is 5.82 Å². The molecule has 0 amide bonds. The Morgan fingerprint density at radius 3 is 2.96 bits per heavy atom. The third kappa shape index (κ3) is 2.65. The topological polar surface area (TPSA) is 46.3 Å². The zero-order valence-corrected chi connectivity index (χ0v) is 14.2. The molecule has 1 fully saturated rings. The molecule has 5 rings (SSSR count). The van der Waals surface area contributed by atoms with E-state index >= 15 is 0 Å². The van der Waals surface area contributed by atoms with Gasteiger partial charge in [-0.1, -0.05) is 30.3 Å². The van der Waals surface area contributed by atoms with Gasteiger partial charge in [-0.15, -0.1) is 0 Å². The lowest BCUT2D eigenvalue weighted by atomic mass is 10.0. The zero-order chi connectivity index (χ0) is 16.6. The number of piperidine rings is 1.